The van der Waals surface area contributed by atoms with E-state index in [0.717, 1.165) is 15.1 Å². The maximum Gasteiger partial charge on any atom is 0.180 e. The maximum atomic E-state index is 13.3. The van der Waals surface area contributed by atoms with Gasteiger partial charge in [0.05, 0.1) is 12.7 Å². The molecule has 23 heavy (non-hydrogen) atoms. The highest BCUT2D eigenvalue weighted by molar-refractivity contribution is 7.73. The molecule has 0 spiro atoms. The second kappa shape index (κ2) is 7.12. The Labute approximate surface area is 143 Å². The monoisotopic (exact) mass is 345 g/mol. The van der Waals surface area contributed by atoms with Crippen LogP contribution >= 0.6 is 23.6 Å². The van der Waals surface area contributed by atoms with Crippen LogP contribution in [0.25, 0.3) is 0 Å². The van der Waals surface area contributed by atoms with Crippen LogP contribution in [-0.4, -0.2) is 21.7 Å². The molecule has 0 amide bonds. The molecule has 0 N–H and O–H groups in total. The van der Waals surface area contributed by atoms with E-state index in [1.807, 2.05) is 37.4 Å². The first-order chi connectivity index (χ1) is 11.1. The van der Waals surface area contributed by atoms with Crippen LogP contribution < -0.4 is 0 Å². The van der Waals surface area contributed by atoms with Crippen molar-refractivity contribution in [2.75, 3.05) is 7.05 Å². The van der Waals surface area contributed by atoms with Crippen molar-refractivity contribution in [2.45, 2.75) is 12.7 Å². The summed E-state index contributed by atoms with van der Waals surface area (Å²) in [6.45, 7) is 0.569. The molecule has 118 valence electrons. The first-order valence-corrected chi connectivity index (χ1v) is 8.45. The third-order valence-electron chi connectivity index (χ3n) is 3.65. The molecular formula is C17H16FN3S2. The molecule has 1 heterocycles. The third-order valence-corrected chi connectivity index (χ3v) is 4.76. The van der Waals surface area contributed by atoms with Crippen molar-refractivity contribution >= 4 is 23.6 Å². The lowest BCUT2D eigenvalue weighted by molar-refractivity contribution is 0.209. The largest absolute Gasteiger partial charge is 0.276 e. The summed E-state index contributed by atoms with van der Waals surface area (Å²) in [6, 6.07) is 16.8. The van der Waals surface area contributed by atoms with E-state index in [-0.39, 0.29) is 11.9 Å². The zero-order valence-corrected chi connectivity index (χ0v) is 14.2. The molecule has 2 aromatic carbocycles. The molecule has 1 aromatic heterocycles. The van der Waals surface area contributed by atoms with Gasteiger partial charge in [-0.3, -0.25) is 4.90 Å². The highest BCUT2D eigenvalue weighted by Gasteiger charge is 2.20. The predicted octanol–water partition coefficient (Wildman–Crippen LogP) is 4.49. The zero-order valence-electron chi connectivity index (χ0n) is 12.6. The van der Waals surface area contributed by atoms with Crippen LogP contribution in [0.4, 0.5) is 4.39 Å². The highest BCUT2D eigenvalue weighted by atomic mass is 32.1. The molecule has 0 unspecified atom stereocenters. The Morgan fingerprint density at radius 1 is 1.13 bits per heavy atom. The smallest absolute Gasteiger partial charge is 0.180 e. The minimum Gasteiger partial charge on any atom is -0.276 e. The number of benzene rings is 2. The van der Waals surface area contributed by atoms with Crippen molar-refractivity contribution in [3.8, 4) is 0 Å². The Morgan fingerprint density at radius 2 is 1.78 bits per heavy atom. The molecule has 0 fully saturated rings. The van der Waals surface area contributed by atoms with E-state index in [2.05, 4.69) is 22.1 Å². The minimum absolute atomic E-state index is 0.000370. The van der Waals surface area contributed by atoms with E-state index in [0.29, 0.717) is 6.67 Å². The summed E-state index contributed by atoms with van der Waals surface area (Å²) >= 11 is 6.73. The Balaban J connectivity index is 1.96. The number of nitrogens with zero attached hydrogens (tertiary/aromatic N) is 3. The molecular weight excluding hydrogens is 329 g/mol. The van der Waals surface area contributed by atoms with Crippen LogP contribution in [0.5, 0.6) is 0 Å². The molecule has 3 rings (SSSR count). The van der Waals surface area contributed by atoms with E-state index >= 15 is 0 Å². The van der Waals surface area contributed by atoms with Crippen molar-refractivity contribution < 1.29 is 4.39 Å². The van der Waals surface area contributed by atoms with E-state index in [9.17, 15) is 4.39 Å². The third kappa shape index (κ3) is 3.72. The predicted molar refractivity (Wildman–Crippen MR) is 93.4 cm³/mol. The summed E-state index contributed by atoms with van der Waals surface area (Å²) in [5.74, 6) is -0.232. The van der Waals surface area contributed by atoms with Gasteiger partial charge in [0.25, 0.3) is 0 Å². The van der Waals surface area contributed by atoms with Crippen LogP contribution in [0.1, 0.15) is 17.2 Å². The van der Waals surface area contributed by atoms with Crippen molar-refractivity contribution in [3.63, 3.8) is 0 Å². The second-order valence-electron chi connectivity index (χ2n) is 5.27. The van der Waals surface area contributed by atoms with Gasteiger partial charge < -0.3 is 0 Å². The fourth-order valence-corrected chi connectivity index (χ4v) is 3.31. The van der Waals surface area contributed by atoms with Crippen LogP contribution in [0, 0.1) is 9.77 Å². The average Bonchev–Trinajstić information content (AvgIpc) is 2.96. The first-order valence-electron chi connectivity index (χ1n) is 7.16. The molecule has 0 saturated carbocycles. The van der Waals surface area contributed by atoms with Crippen LogP contribution in [-0.2, 0) is 6.67 Å². The molecule has 3 nitrogen and oxygen atoms in total. The molecule has 0 aliphatic rings. The summed E-state index contributed by atoms with van der Waals surface area (Å²) in [5, 5.41) is 4.27. The number of aromatic nitrogens is 2. The summed E-state index contributed by atoms with van der Waals surface area (Å²) in [7, 11) is 2.02. The topological polar surface area (TPSA) is 21.1 Å². The lowest BCUT2D eigenvalue weighted by Gasteiger charge is -2.28. The normalized spacial score (nSPS) is 12.5. The summed E-state index contributed by atoms with van der Waals surface area (Å²) in [4.78, 5) is 2.15. The van der Waals surface area contributed by atoms with Gasteiger partial charge in [0.2, 0.25) is 0 Å². The van der Waals surface area contributed by atoms with E-state index in [1.165, 1.54) is 23.5 Å². The molecule has 1 atom stereocenters. The summed E-state index contributed by atoms with van der Waals surface area (Å²) in [6.07, 6.45) is 0. The van der Waals surface area contributed by atoms with Crippen molar-refractivity contribution in [2.24, 2.45) is 0 Å². The van der Waals surface area contributed by atoms with Gasteiger partial charge in [-0.2, -0.15) is 5.10 Å². The van der Waals surface area contributed by atoms with E-state index in [1.54, 1.807) is 10.2 Å². The first kappa shape index (κ1) is 16.0. The Bertz CT molecular complexity index is 812. The molecule has 0 saturated heterocycles. The molecule has 0 bridgehead atoms. The van der Waals surface area contributed by atoms with Crippen LogP contribution in [0.2, 0.25) is 0 Å². The van der Waals surface area contributed by atoms with Gasteiger partial charge in [-0.15, -0.1) is 0 Å². The number of halogens is 1. The molecule has 0 aliphatic heterocycles. The average molecular weight is 345 g/mol. The van der Waals surface area contributed by atoms with Crippen LogP contribution in [0.3, 0.4) is 0 Å². The van der Waals surface area contributed by atoms with Crippen molar-refractivity contribution in [3.05, 3.63) is 81.0 Å². The zero-order chi connectivity index (χ0) is 16.2. The van der Waals surface area contributed by atoms with Gasteiger partial charge in [0.15, 0.2) is 3.95 Å². The summed E-state index contributed by atoms with van der Waals surface area (Å²) < 4.78 is 15.8. The van der Waals surface area contributed by atoms with Crippen LogP contribution in [0.15, 0.2) is 60.1 Å². The Hall–Kier alpha value is -1.89. The molecule has 6 heteroatoms. The summed E-state index contributed by atoms with van der Waals surface area (Å²) in [5.41, 5.74) is 3.91. The maximum absolute atomic E-state index is 13.3. The fourth-order valence-electron chi connectivity index (χ4n) is 2.60. The highest BCUT2D eigenvalue weighted by Crippen LogP contribution is 2.28. The van der Waals surface area contributed by atoms with Gasteiger partial charge in [-0.05, 0) is 42.5 Å². The molecule has 0 aliphatic carbocycles. The number of rotatable bonds is 5. The van der Waals surface area contributed by atoms with Gasteiger partial charge in [-0.25, -0.2) is 9.07 Å². The number of hydrogen-bond acceptors (Lipinski definition) is 4. The SMILES string of the molecule is CN(Cn1ncsc1=S)[C@@H](c1ccccc1)c1ccc(F)cc1. The lowest BCUT2D eigenvalue weighted by atomic mass is 9.98. The Kier molecular flexibility index (Phi) is 4.95. The van der Waals surface area contributed by atoms with E-state index < -0.39 is 0 Å². The van der Waals surface area contributed by atoms with Crippen molar-refractivity contribution in [1.29, 1.82) is 0 Å². The molecule has 0 radical (unpaired) electrons. The minimum atomic E-state index is -0.232. The van der Waals surface area contributed by atoms with Gasteiger partial charge in [-0.1, -0.05) is 53.8 Å². The van der Waals surface area contributed by atoms with Crippen molar-refractivity contribution in [1.82, 2.24) is 14.7 Å². The Morgan fingerprint density at radius 3 is 2.39 bits per heavy atom. The quantitative estimate of drug-likeness (QED) is 0.636. The van der Waals surface area contributed by atoms with Gasteiger partial charge >= 0.3 is 0 Å². The fraction of sp³-hybridized carbons (Fsp3) is 0.176. The van der Waals surface area contributed by atoms with Gasteiger partial charge in [0.1, 0.15) is 11.3 Å². The van der Waals surface area contributed by atoms with Gasteiger partial charge in [0, 0.05) is 0 Å². The second-order valence-corrected chi connectivity index (χ2v) is 6.75. The number of hydrogen-bond donors (Lipinski definition) is 0. The lowest BCUT2D eigenvalue weighted by Crippen LogP contribution is -2.28. The van der Waals surface area contributed by atoms with E-state index in [4.69, 9.17) is 12.2 Å². The molecule has 3 aromatic rings. The standard InChI is InChI=1S/C17H16FN3S2/c1-20(12-21-17(22)23-11-19-21)16(13-5-3-2-4-6-13)14-7-9-15(18)10-8-14/h2-11,16H,12H2,1H3/t16-/m0/s1.